The van der Waals surface area contributed by atoms with Crippen LogP contribution in [0.3, 0.4) is 0 Å². The third-order valence-corrected chi connectivity index (χ3v) is 3.71. The van der Waals surface area contributed by atoms with Gasteiger partial charge in [0, 0.05) is 18.9 Å². The predicted octanol–water partition coefficient (Wildman–Crippen LogP) is 2.04. The number of aliphatic hydroxyl groups excluding tert-OH is 1. The molecule has 1 aromatic carbocycles. The molecule has 0 saturated carbocycles. The molecule has 110 valence electrons. The van der Waals surface area contributed by atoms with E-state index in [4.69, 9.17) is 32.7 Å². The fourth-order valence-corrected chi connectivity index (χ4v) is 2.38. The van der Waals surface area contributed by atoms with Gasteiger partial charge in [0.05, 0.1) is 13.2 Å². The van der Waals surface area contributed by atoms with E-state index >= 15 is 0 Å². The Morgan fingerprint density at radius 1 is 1.50 bits per heavy atom. The predicted molar refractivity (Wildman–Crippen MR) is 73.7 cm³/mol. The smallest absolute Gasteiger partial charge is 0.342 e. The van der Waals surface area contributed by atoms with Crippen LogP contribution in [0.15, 0.2) is 12.1 Å². The number of cyclic esters (lactones) is 1. The monoisotopic (exact) mass is 320 g/mol. The summed E-state index contributed by atoms with van der Waals surface area (Å²) < 4.78 is 10.2. The molecular weight excluding hydrogens is 307 g/mol. The number of alkyl halides is 2. The van der Waals surface area contributed by atoms with E-state index in [-0.39, 0.29) is 17.7 Å². The Morgan fingerprint density at radius 3 is 2.80 bits per heavy atom. The summed E-state index contributed by atoms with van der Waals surface area (Å²) in [6.07, 6.45) is -1.06. The van der Waals surface area contributed by atoms with Crippen molar-refractivity contribution in [3.63, 3.8) is 0 Å². The number of benzene rings is 1. The van der Waals surface area contributed by atoms with Crippen LogP contribution < -0.4 is 4.74 Å². The number of carbonyl (C=O) groups excluding carboxylic acids is 1. The van der Waals surface area contributed by atoms with Gasteiger partial charge in [0.2, 0.25) is 0 Å². The first-order valence-corrected chi connectivity index (χ1v) is 6.86. The molecule has 0 spiro atoms. The Hall–Kier alpha value is -1.17. The molecule has 2 atom stereocenters. The number of ether oxygens (including phenoxy) is 2. The van der Waals surface area contributed by atoms with Crippen LogP contribution >= 0.6 is 23.2 Å². The number of esters is 1. The van der Waals surface area contributed by atoms with Gasteiger partial charge in [-0.1, -0.05) is 0 Å². The van der Waals surface area contributed by atoms with Gasteiger partial charge >= 0.3 is 5.97 Å². The number of rotatable bonds is 4. The van der Waals surface area contributed by atoms with Crippen LogP contribution in [0.1, 0.15) is 22.3 Å². The molecule has 1 heterocycles. The highest BCUT2D eigenvalue weighted by Crippen LogP contribution is 2.34. The zero-order valence-corrected chi connectivity index (χ0v) is 12.2. The molecule has 5 nitrogen and oxygen atoms in total. The van der Waals surface area contributed by atoms with E-state index in [1.54, 1.807) is 6.07 Å². The Bertz CT molecular complexity index is 518. The summed E-state index contributed by atoms with van der Waals surface area (Å²) in [5.41, 5.74) is 0.737. The van der Waals surface area contributed by atoms with Gasteiger partial charge in [-0.25, -0.2) is 4.79 Å². The molecule has 0 aromatic heterocycles. The summed E-state index contributed by atoms with van der Waals surface area (Å²) in [5, 5.41) is 19.5. The normalized spacial score (nSPS) is 19.4. The van der Waals surface area contributed by atoms with Gasteiger partial charge in [-0.15, -0.1) is 23.2 Å². The zero-order chi connectivity index (χ0) is 14.9. The summed E-state index contributed by atoms with van der Waals surface area (Å²) in [4.78, 5) is 10.9. The summed E-state index contributed by atoms with van der Waals surface area (Å²) in [6.45, 7) is 0. The van der Waals surface area contributed by atoms with E-state index in [1.807, 2.05) is 0 Å². The number of methoxy groups -OCH3 is 1. The third-order valence-electron chi connectivity index (χ3n) is 3.13. The highest BCUT2D eigenvalue weighted by Gasteiger charge is 2.32. The second-order valence-electron chi connectivity index (χ2n) is 4.55. The van der Waals surface area contributed by atoms with Crippen molar-refractivity contribution in [3.05, 3.63) is 23.3 Å². The number of phenolic OH excluding ortho intramolecular Hbond substituents is 1. The van der Waals surface area contributed by atoms with Crippen LogP contribution in [0.25, 0.3) is 0 Å². The van der Waals surface area contributed by atoms with E-state index in [9.17, 15) is 15.0 Å². The Labute approximate surface area is 126 Å². The molecule has 0 fully saturated rings. The number of hydrogen-bond acceptors (Lipinski definition) is 5. The third kappa shape index (κ3) is 3.11. The van der Waals surface area contributed by atoms with Gasteiger partial charge in [-0.3, -0.25) is 0 Å². The minimum absolute atomic E-state index is 0.126. The van der Waals surface area contributed by atoms with E-state index in [0.717, 1.165) is 0 Å². The fourth-order valence-electron chi connectivity index (χ4n) is 2.17. The lowest BCUT2D eigenvalue weighted by Crippen LogP contribution is -2.32. The van der Waals surface area contributed by atoms with E-state index in [1.165, 1.54) is 13.2 Å². The Morgan fingerprint density at radius 2 is 2.20 bits per heavy atom. The van der Waals surface area contributed by atoms with Crippen LogP contribution in [0.2, 0.25) is 0 Å². The molecule has 1 aromatic rings. The van der Waals surface area contributed by atoms with Gasteiger partial charge in [0.15, 0.2) is 0 Å². The highest BCUT2D eigenvalue weighted by atomic mass is 35.5. The Kier molecular flexibility index (Phi) is 4.62. The summed E-state index contributed by atoms with van der Waals surface area (Å²) >= 11 is 11.1. The lowest BCUT2D eigenvalue weighted by atomic mass is 9.95. The summed E-state index contributed by atoms with van der Waals surface area (Å²) in [5.74, 6) is -0.372. The molecule has 20 heavy (non-hydrogen) atoms. The van der Waals surface area contributed by atoms with E-state index in [0.29, 0.717) is 17.7 Å². The largest absolute Gasteiger partial charge is 0.507 e. The molecule has 0 amide bonds. The average Bonchev–Trinajstić information content (AvgIpc) is 2.37. The van der Waals surface area contributed by atoms with Gasteiger partial charge in [-0.2, -0.15) is 0 Å². The second kappa shape index (κ2) is 6.08. The van der Waals surface area contributed by atoms with Crippen molar-refractivity contribution in [3.8, 4) is 11.5 Å². The molecule has 0 unspecified atom stereocenters. The van der Waals surface area contributed by atoms with Crippen LogP contribution in [-0.2, 0) is 11.2 Å². The number of halogens is 2. The first kappa shape index (κ1) is 15.2. The highest BCUT2D eigenvalue weighted by molar-refractivity contribution is 6.44. The standard InChI is InChI=1S/C13H14Cl2O5/c1-19-7-2-6-3-8(5-10(17)12(14)15)20-13(18)11(6)9(16)4-7/h2,4,8,10,12,16-17H,3,5H2,1H3/t8-,10-/m1/s1. The maximum Gasteiger partial charge on any atom is 0.342 e. The fraction of sp³-hybridized carbons (Fsp3) is 0.462. The van der Waals surface area contributed by atoms with Gasteiger partial charge in [0.25, 0.3) is 0 Å². The van der Waals surface area contributed by atoms with Crippen LogP contribution in [0.4, 0.5) is 0 Å². The lowest BCUT2D eigenvalue weighted by Gasteiger charge is -2.27. The van der Waals surface area contributed by atoms with Crippen molar-refractivity contribution in [2.75, 3.05) is 7.11 Å². The van der Waals surface area contributed by atoms with Crippen LogP contribution in [-0.4, -0.2) is 40.3 Å². The summed E-state index contributed by atoms with van der Waals surface area (Å²) in [6, 6.07) is 3.01. The Balaban J connectivity index is 2.24. The molecule has 0 radical (unpaired) electrons. The molecule has 1 aliphatic heterocycles. The summed E-state index contributed by atoms with van der Waals surface area (Å²) in [7, 11) is 1.47. The number of aliphatic hydroxyl groups is 1. The van der Waals surface area contributed by atoms with Crippen molar-refractivity contribution in [2.45, 2.75) is 29.9 Å². The first-order chi connectivity index (χ1) is 9.42. The second-order valence-corrected chi connectivity index (χ2v) is 5.71. The molecule has 7 heteroatoms. The number of aromatic hydroxyl groups is 1. The van der Waals surface area contributed by atoms with Crippen molar-refractivity contribution in [1.82, 2.24) is 0 Å². The number of hydrogen-bond donors (Lipinski definition) is 2. The molecule has 2 rings (SSSR count). The molecule has 0 saturated heterocycles. The topological polar surface area (TPSA) is 76.0 Å². The van der Waals surface area contributed by atoms with Gasteiger partial charge in [0.1, 0.15) is 28.0 Å². The van der Waals surface area contributed by atoms with Crippen LogP contribution in [0, 0.1) is 0 Å². The van der Waals surface area contributed by atoms with E-state index < -0.39 is 23.0 Å². The number of phenols is 1. The first-order valence-electron chi connectivity index (χ1n) is 5.99. The van der Waals surface area contributed by atoms with E-state index in [2.05, 4.69) is 0 Å². The van der Waals surface area contributed by atoms with Crippen molar-refractivity contribution in [1.29, 1.82) is 0 Å². The molecular formula is C13H14Cl2O5. The minimum atomic E-state index is -0.989. The van der Waals surface area contributed by atoms with Gasteiger partial charge < -0.3 is 19.7 Å². The molecule has 2 N–H and O–H groups in total. The molecule has 0 bridgehead atoms. The number of fused-ring (bicyclic) bond motifs is 1. The lowest BCUT2D eigenvalue weighted by molar-refractivity contribution is 0.0114. The van der Waals surface area contributed by atoms with Crippen molar-refractivity contribution in [2.24, 2.45) is 0 Å². The average molecular weight is 321 g/mol. The van der Waals surface area contributed by atoms with Crippen molar-refractivity contribution < 1.29 is 24.5 Å². The SMILES string of the molecule is COc1cc(O)c2c(c1)C[C@H](C[C@@H](O)C(Cl)Cl)OC2=O. The quantitative estimate of drug-likeness (QED) is 0.656. The minimum Gasteiger partial charge on any atom is -0.507 e. The maximum atomic E-state index is 11.9. The zero-order valence-electron chi connectivity index (χ0n) is 10.7. The maximum absolute atomic E-state index is 11.9. The number of carbonyl (C=O) groups is 1. The molecule has 0 aliphatic carbocycles. The van der Waals surface area contributed by atoms with Gasteiger partial charge in [-0.05, 0) is 11.6 Å². The van der Waals surface area contributed by atoms with Crippen LogP contribution in [0.5, 0.6) is 11.5 Å². The van der Waals surface area contributed by atoms with Crippen molar-refractivity contribution >= 4 is 29.2 Å². The molecule has 1 aliphatic rings.